The molecule has 8 nitrogen and oxygen atoms in total. The Morgan fingerprint density at radius 2 is 1.88 bits per heavy atom. The molecular formula is C23H28ClN5O3S. The molecule has 1 aliphatic heterocycles. The van der Waals surface area contributed by atoms with Crippen molar-refractivity contribution < 1.29 is 14.4 Å². The number of hydrogen-bond acceptors (Lipinski definition) is 5. The summed E-state index contributed by atoms with van der Waals surface area (Å²) in [6, 6.07) is 5.89. The Balaban J connectivity index is 1.41. The lowest BCUT2D eigenvalue weighted by molar-refractivity contribution is -0.142. The Morgan fingerprint density at radius 1 is 1.12 bits per heavy atom. The van der Waals surface area contributed by atoms with Gasteiger partial charge in [0.1, 0.15) is 12.6 Å². The first-order valence-electron chi connectivity index (χ1n) is 11.3. The van der Waals surface area contributed by atoms with Crippen LogP contribution in [0.4, 0.5) is 15.6 Å². The molecule has 2 fully saturated rings. The van der Waals surface area contributed by atoms with Gasteiger partial charge in [0.25, 0.3) is 0 Å². The van der Waals surface area contributed by atoms with Gasteiger partial charge in [-0.2, -0.15) is 0 Å². The lowest BCUT2D eigenvalue weighted by atomic mass is 9.84. The molecule has 2 N–H and O–H groups in total. The van der Waals surface area contributed by atoms with Gasteiger partial charge >= 0.3 is 6.03 Å². The summed E-state index contributed by atoms with van der Waals surface area (Å²) in [5.74, 6) is -0.00429. The van der Waals surface area contributed by atoms with Crippen molar-refractivity contribution in [2.45, 2.75) is 44.6 Å². The fourth-order valence-corrected chi connectivity index (χ4v) is 5.17. The number of urea groups is 1. The van der Waals surface area contributed by atoms with Gasteiger partial charge < -0.3 is 20.4 Å². The summed E-state index contributed by atoms with van der Waals surface area (Å²) in [7, 11) is 0. The van der Waals surface area contributed by atoms with E-state index in [1.807, 2.05) is 0 Å². The number of rotatable bonds is 6. The molecule has 2 heterocycles. The molecule has 2 aliphatic rings. The SMILES string of the molecule is O=C(Nc1nccs1)[C@H](CC1CCCCC1)N1CCN(C(=O)Nc2ccc(Cl)cc2)CC1=O. The predicted octanol–water partition coefficient (Wildman–Crippen LogP) is 4.45. The summed E-state index contributed by atoms with van der Waals surface area (Å²) in [4.78, 5) is 46.2. The third kappa shape index (κ3) is 6.23. The van der Waals surface area contributed by atoms with E-state index < -0.39 is 6.04 Å². The van der Waals surface area contributed by atoms with Gasteiger partial charge in [-0.25, -0.2) is 9.78 Å². The quantitative estimate of drug-likeness (QED) is 0.626. The largest absolute Gasteiger partial charge is 0.327 e. The van der Waals surface area contributed by atoms with Crippen LogP contribution in [0, 0.1) is 5.92 Å². The van der Waals surface area contributed by atoms with Crippen LogP contribution < -0.4 is 10.6 Å². The van der Waals surface area contributed by atoms with Crippen LogP contribution in [0.3, 0.4) is 0 Å². The molecule has 4 rings (SSSR count). The Bertz CT molecular complexity index is 963. The van der Waals surface area contributed by atoms with E-state index in [0.717, 1.165) is 25.7 Å². The summed E-state index contributed by atoms with van der Waals surface area (Å²) in [6.07, 6.45) is 8.00. The molecule has 0 bridgehead atoms. The van der Waals surface area contributed by atoms with Gasteiger partial charge in [-0.15, -0.1) is 11.3 Å². The molecule has 4 amide bonds. The van der Waals surface area contributed by atoms with Gasteiger partial charge in [0.2, 0.25) is 11.8 Å². The second-order valence-electron chi connectivity index (χ2n) is 8.53. The van der Waals surface area contributed by atoms with Crippen LogP contribution in [0.2, 0.25) is 5.02 Å². The van der Waals surface area contributed by atoms with Crippen molar-refractivity contribution in [3.8, 4) is 0 Å². The number of halogens is 1. The highest BCUT2D eigenvalue weighted by Gasteiger charge is 2.37. The first-order chi connectivity index (χ1) is 16.0. The van der Waals surface area contributed by atoms with E-state index >= 15 is 0 Å². The van der Waals surface area contributed by atoms with E-state index in [9.17, 15) is 14.4 Å². The molecule has 0 unspecified atom stereocenters. The van der Waals surface area contributed by atoms with Crippen molar-refractivity contribution in [3.05, 3.63) is 40.9 Å². The standard InChI is InChI=1S/C23H28ClN5O3S/c24-17-6-8-18(9-7-17)26-23(32)28-11-12-29(20(30)15-28)19(14-16-4-2-1-3-5-16)21(31)27-22-25-10-13-33-22/h6-10,13,16,19H,1-5,11-12,14-15H2,(H,26,32)(H,25,27,31)/t19-/m0/s1. The second-order valence-corrected chi connectivity index (χ2v) is 9.86. The Kier molecular flexibility index (Phi) is 7.82. The maximum atomic E-state index is 13.2. The van der Waals surface area contributed by atoms with E-state index in [1.54, 1.807) is 40.7 Å². The van der Waals surface area contributed by atoms with Crippen LogP contribution in [0.25, 0.3) is 0 Å². The average Bonchev–Trinajstić information content (AvgIpc) is 3.33. The summed E-state index contributed by atoms with van der Waals surface area (Å²) in [5.41, 5.74) is 0.609. The molecule has 1 atom stereocenters. The number of hydrogen-bond donors (Lipinski definition) is 2. The molecule has 0 spiro atoms. The lowest BCUT2D eigenvalue weighted by Crippen LogP contribution is -2.59. The van der Waals surface area contributed by atoms with Crippen molar-refractivity contribution in [2.75, 3.05) is 30.3 Å². The number of thiazole rings is 1. The van der Waals surface area contributed by atoms with E-state index in [2.05, 4.69) is 15.6 Å². The lowest BCUT2D eigenvalue weighted by Gasteiger charge is -2.39. The zero-order chi connectivity index (χ0) is 23.2. The normalized spacial score (nSPS) is 18.2. The third-order valence-electron chi connectivity index (χ3n) is 6.26. The molecule has 1 aromatic heterocycles. The average molecular weight is 490 g/mol. The fourth-order valence-electron chi connectivity index (χ4n) is 4.51. The van der Waals surface area contributed by atoms with Crippen molar-refractivity contribution >= 4 is 51.6 Å². The number of amides is 4. The van der Waals surface area contributed by atoms with Crippen molar-refractivity contribution in [1.29, 1.82) is 0 Å². The molecule has 0 radical (unpaired) electrons. The van der Waals surface area contributed by atoms with E-state index in [1.165, 1.54) is 22.7 Å². The Hall–Kier alpha value is -2.65. The van der Waals surface area contributed by atoms with Crippen molar-refractivity contribution in [1.82, 2.24) is 14.8 Å². The summed E-state index contributed by atoms with van der Waals surface area (Å²) >= 11 is 7.24. The maximum absolute atomic E-state index is 13.2. The van der Waals surface area contributed by atoms with Crippen molar-refractivity contribution in [2.24, 2.45) is 5.92 Å². The zero-order valence-corrected chi connectivity index (χ0v) is 19.9. The van der Waals surface area contributed by atoms with Gasteiger partial charge in [-0.1, -0.05) is 43.7 Å². The van der Waals surface area contributed by atoms with Crippen molar-refractivity contribution in [3.63, 3.8) is 0 Å². The van der Waals surface area contributed by atoms with Crippen LogP contribution in [0.1, 0.15) is 38.5 Å². The van der Waals surface area contributed by atoms with Crippen LogP contribution >= 0.6 is 22.9 Å². The van der Waals surface area contributed by atoms with Gasteiger partial charge in [0.15, 0.2) is 5.13 Å². The Morgan fingerprint density at radius 3 is 2.55 bits per heavy atom. The number of nitrogens with one attached hydrogen (secondary N) is 2. The summed E-state index contributed by atoms with van der Waals surface area (Å²) < 4.78 is 0. The number of piperazine rings is 1. The minimum Gasteiger partial charge on any atom is -0.327 e. The topological polar surface area (TPSA) is 94.6 Å². The fraction of sp³-hybridized carbons (Fsp3) is 0.478. The third-order valence-corrected chi connectivity index (χ3v) is 7.20. The van der Waals surface area contributed by atoms with Crippen LogP contribution in [0.15, 0.2) is 35.8 Å². The van der Waals surface area contributed by atoms with Crippen LogP contribution in [0.5, 0.6) is 0 Å². The highest BCUT2D eigenvalue weighted by molar-refractivity contribution is 7.13. The van der Waals surface area contributed by atoms with E-state index in [-0.39, 0.29) is 24.4 Å². The first-order valence-corrected chi connectivity index (χ1v) is 12.6. The smallest absolute Gasteiger partial charge is 0.322 e. The number of benzene rings is 1. The van der Waals surface area contributed by atoms with Crippen LogP contribution in [-0.4, -0.2) is 58.3 Å². The van der Waals surface area contributed by atoms with Crippen LogP contribution in [-0.2, 0) is 9.59 Å². The Labute approximate surface area is 202 Å². The maximum Gasteiger partial charge on any atom is 0.322 e. The number of aromatic nitrogens is 1. The molecular weight excluding hydrogens is 462 g/mol. The molecule has 2 aromatic rings. The summed E-state index contributed by atoms with van der Waals surface area (Å²) in [6.45, 7) is 0.609. The minimum atomic E-state index is -0.564. The number of carbonyl (C=O) groups is 3. The second kappa shape index (κ2) is 11.0. The molecule has 1 aliphatic carbocycles. The van der Waals surface area contributed by atoms with Gasteiger partial charge in [0, 0.05) is 35.4 Å². The van der Waals surface area contributed by atoms with Gasteiger partial charge in [-0.3, -0.25) is 9.59 Å². The molecule has 1 saturated heterocycles. The molecule has 10 heteroatoms. The molecule has 176 valence electrons. The van der Waals surface area contributed by atoms with E-state index in [4.69, 9.17) is 11.6 Å². The first kappa shape index (κ1) is 23.5. The minimum absolute atomic E-state index is 0.0644. The number of nitrogens with zero attached hydrogens (tertiary/aromatic N) is 3. The highest BCUT2D eigenvalue weighted by Crippen LogP contribution is 2.30. The highest BCUT2D eigenvalue weighted by atomic mass is 35.5. The molecule has 1 aromatic carbocycles. The predicted molar refractivity (Wildman–Crippen MR) is 129 cm³/mol. The number of anilines is 2. The van der Waals surface area contributed by atoms with E-state index in [0.29, 0.717) is 41.3 Å². The number of carbonyl (C=O) groups excluding carboxylic acids is 3. The molecule has 33 heavy (non-hydrogen) atoms. The summed E-state index contributed by atoms with van der Waals surface area (Å²) in [5, 5.41) is 8.58. The zero-order valence-electron chi connectivity index (χ0n) is 18.3. The molecule has 1 saturated carbocycles. The van der Waals surface area contributed by atoms with Gasteiger partial charge in [0.05, 0.1) is 0 Å². The van der Waals surface area contributed by atoms with Gasteiger partial charge in [-0.05, 0) is 36.6 Å². The monoisotopic (exact) mass is 489 g/mol.